The number of rotatable bonds is 6. The molecule has 0 spiro atoms. The summed E-state index contributed by atoms with van der Waals surface area (Å²) < 4.78 is 10.3. The lowest BCUT2D eigenvalue weighted by Crippen LogP contribution is -2.36. The standard InChI is InChI=1S/C19H20IN2O3P/c20-26-25-21-19(23)10-3-15-1-4-16(5-2-15)17-6-8-18(9-7-17)22-11-13-24-14-12-22/h1-10,26H,11-14H2,(H,21,23)/b10-3+. The highest BCUT2D eigenvalue weighted by Crippen LogP contribution is 2.24. The molecule has 2 aromatic rings. The number of hydroxylamine groups is 1. The molecule has 2 aromatic carbocycles. The van der Waals surface area contributed by atoms with Crippen LogP contribution in [-0.2, 0) is 14.2 Å². The fourth-order valence-corrected chi connectivity index (χ4v) is 3.22. The number of nitrogens with zero attached hydrogens (tertiary/aromatic N) is 1. The third-order valence-corrected chi connectivity index (χ3v) is 4.94. The van der Waals surface area contributed by atoms with Gasteiger partial charge in [0.25, 0.3) is 5.91 Å². The van der Waals surface area contributed by atoms with Crippen LogP contribution in [0.5, 0.6) is 0 Å². The van der Waals surface area contributed by atoms with Crippen LogP contribution in [0.1, 0.15) is 5.56 Å². The minimum absolute atomic E-state index is 0.199. The van der Waals surface area contributed by atoms with Crippen molar-refractivity contribution >= 4 is 46.2 Å². The average Bonchev–Trinajstić information content (AvgIpc) is 2.72. The molecule has 0 bridgehead atoms. The number of hydrogen-bond acceptors (Lipinski definition) is 4. The monoisotopic (exact) mass is 482 g/mol. The summed E-state index contributed by atoms with van der Waals surface area (Å²) >= 11 is 2.04. The van der Waals surface area contributed by atoms with E-state index in [-0.39, 0.29) is 12.4 Å². The molecule has 7 heteroatoms. The molecular weight excluding hydrogens is 462 g/mol. The molecule has 26 heavy (non-hydrogen) atoms. The van der Waals surface area contributed by atoms with Crippen molar-refractivity contribution in [2.75, 3.05) is 31.2 Å². The van der Waals surface area contributed by atoms with Gasteiger partial charge in [0.2, 0.25) is 0 Å². The lowest BCUT2D eigenvalue weighted by molar-refractivity contribution is -0.122. The number of anilines is 1. The van der Waals surface area contributed by atoms with Crippen LogP contribution in [-0.4, -0.2) is 32.2 Å². The molecule has 0 saturated carbocycles. The smallest absolute Gasteiger partial charge is 0.267 e. The molecule has 0 radical (unpaired) electrons. The number of morpholine rings is 1. The number of halogens is 1. The Morgan fingerprint density at radius 1 is 1.08 bits per heavy atom. The lowest BCUT2D eigenvalue weighted by atomic mass is 10.0. The zero-order valence-corrected chi connectivity index (χ0v) is 17.3. The summed E-state index contributed by atoms with van der Waals surface area (Å²) in [6.07, 6.45) is 3.23. The first kappa shape index (κ1) is 19.3. The zero-order chi connectivity index (χ0) is 18.2. The highest BCUT2D eigenvalue weighted by Gasteiger charge is 2.10. The van der Waals surface area contributed by atoms with Crippen LogP contribution < -0.4 is 10.4 Å². The van der Waals surface area contributed by atoms with Gasteiger partial charge in [-0.3, -0.25) is 4.79 Å². The highest BCUT2D eigenvalue weighted by atomic mass is 127. The molecule has 1 N–H and O–H groups in total. The maximum Gasteiger partial charge on any atom is 0.267 e. The van der Waals surface area contributed by atoms with Crippen molar-refractivity contribution in [3.63, 3.8) is 0 Å². The van der Waals surface area contributed by atoms with E-state index in [1.54, 1.807) is 6.08 Å². The Bertz CT molecular complexity index is 744. The number of carbonyl (C=O) groups is 1. The molecule has 1 heterocycles. The number of hydrogen-bond donors (Lipinski definition) is 1. The summed E-state index contributed by atoms with van der Waals surface area (Å²) in [5.41, 5.74) is 6.86. The Hall–Kier alpha value is -1.47. The van der Waals surface area contributed by atoms with Gasteiger partial charge in [0.15, 0.2) is 0 Å². The second-order valence-electron chi connectivity index (χ2n) is 5.75. The molecule has 3 rings (SSSR count). The first-order chi connectivity index (χ1) is 12.8. The number of benzene rings is 2. The van der Waals surface area contributed by atoms with Crippen molar-refractivity contribution in [1.29, 1.82) is 0 Å². The van der Waals surface area contributed by atoms with Gasteiger partial charge in [-0.25, -0.2) is 10.1 Å². The molecule has 1 fully saturated rings. The number of amides is 1. The van der Waals surface area contributed by atoms with Crippen molar-refractivity contribution in [2.24, 2.45) is 0 Å². The Kier molecular flexibility index (Phi) is 7.43. The van der Waals surface area contributed by atoms with Gasteiger partial charge in [-0.15, -0.1) is 0 Å². The Morgan fingerprint density at radius 2 is 1.69 bits per heavy atom. The van der Waals surface area contributed by atoms with Gasteiger partial charge in [-0.05, 0) is 56.9 Å². The largest absolute Gasteiger partial charge is 0.378 e. The van der Waals surface area contributed by atoms with Crippen molar-refractivity contribution in [1.82, 2.24) is 5.48 Å². The second kappa shape index (κ2) is 10.0. The molecule has 1 amide bonds. The normalized spacial score (nSPS) is 15.0. The van der Waals surface area contributed by atoms with Crippen molar-refractivity contribution in [2.45, 2.75) is 0 Å². The van der Waals surface area contributed by atoms with Crippen molar-refractivity contribution in [3.8, 4) is 11.1 Å². The highest BCUT2D eigenvalue weighted by molar-refractivity contribution is 14.2. The average molecular weight is 482 g/mol. The molecule has 1 unspecified atom stereocenters. The molecule has 1 aliphatic rings. The van der Waals surface area contributed by atoms with Crippen LogP contribution >= 0.6 is 28.5 Å². The maximum absolute atomic E-state index is 11.5. The van der Waals surface area contributed by atoms with E-state index in [0.29, 0.717) is 0 Å². The van der Waals surface area contributed by atoms with E-state index in [1.807, 2.05) is 34.2 Å². The minimum Gasteiger partial charge on any atom is -0.378 e. The molecule has 0 aromatic heterocycles. The van der Waals surface area contributed by atoms with Crippen LogP contribution in [0.3, 0.4) is 0 Å². The number of nitrogens with one attached hydrogen (secondary N) is 1. The van der Waals surface area contributed by atoms with Gasteiger partial charge in [-0.1, -0.05) is 36.4 Å². The van der Waals surface area contributed by atoms with Crippen LogP contribution in [0.4, 0.5) is 5.69 Å². The Balaban J connectivity index is 1.62. The van der Waals surface area contributed by atoms with E-state index in [9.17, 15) is 4.79 Å². The summed E-state index contributed by atoms with van der Waals surface area (Å²) in [7, 11) is 0. The molecule has 0 aliphatic carbocycles. The summed E-state index contributed by atoms with van der Waals surface area (Å²) in [5.74, 6) is -0.267. The summed E-state index contributed by atoms with van der Waals surface area (Å²) in [4.78, 5) is 13.8. The van der Waals surface area contributed by atoms with Crippen LogP contribution in [0.25, 0.3) is 17.2 Å². The lowest BCUT2D eigenvalue weighted by Gasteiger charge is -2.28. The maximum atomic E-state index is 11.5. The van der Waals surface area contributed by atoms with Gasteiger partial charge < -0.3 is 9.64 Å². The quantitative estimate of drug-likeness (QED) is 0.291. The fraction of sp³-hybridized carbons (Fsp3) is 0.211. The van der Waals surface area contributed by atoms with Crippen LogP contribution in [0, 0.1) is 0 Å². The third-order valence-electron chi connectivity index (χ3n) is 4.10. The molecular formula is C19H20IN2O3P. The van der Waals surface area contributed by atoms with Gasteiger partial charge >= 0.3 is 0 Å². The number of ether oxygens (including phenoxy) is 1. The Morgan fingerprint density at radius 3 is 2.31 bits per heavy atom. The fourth-order valence-electron chi connectivity index (χ4n) is 2.75. The van der Waals surface area contributed by atoms with Crippen LogP contribution in [0.15, 0.2) is 54.6 Å². The van der Waals surface area contributed by atoms with Crippen LogP contribution in [0.2, 0.25) is 0 Å². The van der Waals surface area contributed by atoms with Crippen molar-refractivity contribution in [3.05, 3.63) is 60.2 Å². The molecule has 1 aliphatic heterocycles. The van der Waals surface area contributed by atoms with Gasteiger partial charge in [0.1, 0.15) is 6.45 Å². The summed E-state index contributed by atoms with van der Waals surface area (Å²) in [5, 5.41) is 0. The molecule has 1 saturated heterocycles. The SMILES string of the molecule is O=C(/C=C/c1ccc(-c2ccc(N3CCOCC3)cc2)cc1)NOPI. The molecule has 1 atom stereocenters. The second-order valence-corrected chi connectivity index (χ2v) is 7.43. The molecule has 136 valence electrons. The van der Waals surface area contributed by atoms with Gasteiger partial charge in [-0.2, -0.15) is 0 Å². The van der Waals surface area contributed by atoms with E-state index in [0.717, 1.165) is 37.4 Å². The number of carbonyl (C=O) groups excluding carboxylic acids is 1. The molecule has 5 nitrogen and oxygen atoms in total. The predicted octanol–water partition coefficient (Wildman–Crippen LogP) is 4.19. The summed E-state index contributed by atoms with van der Waals surface area (Å²) in [6, 6.07) is 16.7. The van der Waals surface area contributed by atoms with Gasteiger partial charge in [0.05, 0.1) is 13.2 Å². The third kappa shape index (κ3) is 5.51. The van der Waals surface area contributed by atoms with E-state index in [1.165, 1.54) is 17.3 Å². The van der Waals surface area contributed by atoms with Gasteiger partial charge in [0, 0.05) is 24.9 Å². The minimum atomic E-state index is -0.267. The first-order valence-corrected chi connectivity index (χ1v) is 12.3. The summed E-state index contributed by atoms with van der Waals surface area (Å²) in [6.45, 7) is 3.66. The predicted molar refractivity (Wildman–Crippen MR) is 116 cm³/mol. The first-order valence-electron chi connectivity index (χ1n) is 8.29. The topological polar surface area (TPSA) is 50.8 Å². The van der Waals surface area contributed by atoms with Crippen molar-refractivity contribution < 1.29 is 14.2 Å². The van der Waals surface area contributed by atoms with E-state index >= 15 is 0 Å². The van der Waals surface area contributed by atoms with E-state index < -0.39 is 0 Å². The zero-order valence-electron chi connectivity index (χ0n) is 14.2. The Labute approximate surface area is 168 Å². The van der Waals surface area contributed by atoms with E-state index in [4.69, 9.17) is 9.36 Å². The van der Waals surface area contributed by atoms with E-state index in [2.05, 4.69) is 46.8 Å².